The summed E-state index contributed by atoms with van der Waals surface area (Å²) >= 11 is 2.52. The Hall–Kier alpha value is -3.21. The van der Waals surface area contributed by atoms with Gasteiger partial charge in [-0.3, -0.25) is 24.1 Å². The molecule has 42 heavy (non-hydrogen) atoms. The van der Waals surface area contributed by atoms with Gasteiger partial charge in [-0.2, -0.15) is 0 Å². The predicted molar refractivity (Wildman–Crippen MR) is 144 cm³/mol. The zero-order valence-corrected chi connectivity index (χ0v) is 26.6. The number of rotatable bonds is 10. The summed E-state index contributed by atoms with van der Waals surface area (Å²) in [6, 6.07) is 7.23. The first-order valence-electron chi connectivity index (χ1n) is 11.9. The normalized spacial score (nSPS) is 19.1. The van der Waals surface area contributed by atoms with E-state index >= 15 is 0 Å². The maximum Gasteiger partial charge on any atom is 1.00 e. The van der Waals surface area contributed by atoms with Crippen molar-refractivity contribution in [3.63, 3.8) is 0 Å². The van der Waals surface area contributed by atoms with Gasteiger partial charge in [0.1, 0.15) is 17.7 Å². The van der Waals surface area contributed by atoms with Crippen LogP contribution in [0.5, 0.6) is 11.5 Å². The van der Waals surface area contributed by atoms with E-state index in [9.17, 15) is 33.9 Å². The van der Waals surface area contributed by atoms with Crippen molar-refractivity contribution in [1.82, 2.24) is 10.2 Å². The second-order valence-corrected chi connectivity index (χ2v) is 10.9. The van der Waals surface area contributed by atoms with Gasteiger partial charge in [0.05, 0.1) is 12.0 Å². The maximum absolute atomic E-state index is 13.2. The number of esters is 3. The van der Waals surface area contributed by atoms with Gasteiger partial charge in [-0.15, -0.1) is 23.1 Å². The fraction of sp³-hybridized carbons (Fsp3) is 0.308. The number of carbonyl (C=O) groups is 6. The van der Waals surface area contributed by atoms with E-state index in [1.807, 2.05) is 5.38 Å². The van der Waals surface area contributed by atoms with E-state index in [4.69, 9.17) is 18.9 Å². The smallest absolute Gasteiger partial charge is 1.00 e. The second kappa shape index (κ2) is 13.8. The summed E-state index contributed by atoms with van der Waals surface area (Å²) in [4.78, 5) is 75.4. The van der Waals surface area contributed by atoms with Gasteiger partial charge in [0, 0.05) is 37.2 Å². The number of benzene rings is 1. The van der Waals surface area contributed by atoms with Gasteiger partial charge in [0.15, 0.2) is 11.5 Å². The molecule has 0 saturated carbocycles. The third kappa shape index (κ3) is 6.88. The maximum atomic E-state index is 13.2. The van der Waals surface area contributed by atoms with E-state index in [2.05, 4.69) is 5.32 Å². The Morgan fingerprint density at radius 1 is 1.12 bits per heavy atom. The second-order valence-electron chi connectivity index (χ2n) is 8.76. The van der Waals surface area contributed by atoms with Crippen LogP contribution in [0.3, 0.4) is 0 Å². The average molecular weight is 629 g/mol. The van der Waals surface area contributed by atoms with E-state index < -0.39 is 53.4 Å². The first kappa shape index (κ1) is 33.3. The number of carboxylic acids is 1. The van der Waals surface area contributed by atoms with Gasteiger partial charge < -0.3 is 30.8 Å². The molecular weight excluding hydrogens is 603 g/mol. The Morgan fingerprint density at radius 2 is 1.81 bits per heavy atom. The molecule has 2 aromatic rings. The van der Waals surface area contributed by atoms with Crippen LogP contribution in [0.15, 0.2) is 47.0 Å². The Balaban J connectivity index is 0.00000323. The van der Waals surface area contributed by atoms with E-state index in [-0.39, 0.29) is 71.5 Å². The van der Waals surface area contributed by atoms with Crippen molar-refractivity contribution in [1.29, 1.82) is 0 Å². The number of nitrogens with one attached hydrogen (secondary N) is 1. The monoisotopic (exact) mass is 628 g/mol. The quantitative estimate of drug-likeness (QED) is 0.106. The molecule has 1 aromatic heterocycles. The van der Waals surface area contributed by atoms with E-state index in [1.165, 1.54) is 30.6 Å². The van der Waals surface area contributed by atoms with Crippen LogP contribution >= 0.6 is 23.1 Å². The molecule has 13 nitrogen and oxygen atoms in total. The fourth-order valence-corrected chi connectivity index (χ4v) is 6.35. The molecule has 2 aliphatic rings. The number of methoxy groups -OCH3 is 1. The molecule has 0 spiro atoms. The van der Waals surface area contributed by atoms with Crippen LogP contribution in [-0.2, 0) is 39.9 Å². The number of hydrogen-bond acceptors (Lipinski definition) is 12. The van der Waals surface area contributed by atoms with Gasteiger partial charge in [-0.05, 0) is 29.6 Å². The van der Waals surface area contributed by atoms with Crippen LogP contribution in [0.4, 0.5) is 0 Å². The summed E-state index contributed by atoms with van der Waals surface area (Å²) in [5.74, 6) is -5.16. The summed E-state index contributed by atoms with van der Waals surface area (Å²) in [5.41, 5.74) is -2.05. The Morgan fingerprint density at radius 3 is 2.40 bits per heavy atom. The number of ether oxygens (including phenoxy) is 4. The summed E-state index contributed by atoms with van der Waals surface area (Å²) in [6.07, 6.45) is 0.0251. The van der Waals surface area contributed by atoms with Gasteiger partial charge in [-0.25, -0.2) is 9.59 Å². The molecule has 1 aromatic carbocycles. The summed E-state index contributed by atoms with van der Waals surface area (Å²) < 4.78 is 20.7. The van der Waals surface area contributed by atoms with Gasteiger partial charge >= 0.3 is 53.4 Å². The van der Waals surface area contributed by atoms with Crippen LogP contribution < -0.4 is 44.3 Å². The molecule has 3 heterocycles. The largest absolute Gasteiger partial charge is 1.00 e. The third-order valence-electron chi connectivity index (χ3n) is 5.94. The molecule has 4 rings (SSSR count). The fourth-order valence-electron chi connectivity index (χ4n) is 4.22. The van der Waals surface area contributed by atoms with E-state index in [0.717, 1.165) is 41.5 Å². The number of hydrogen-bond donors (Lipinski definition) is 2. The van der Waals surface area contributed by atoms with Crippen molar-refractivity contribution in [2.24, 2.45) is 0 Å². The predicted octanol–water partition coefficient (Wildman–Crippen LogP) is -1.17. The van der Waals surface area contributed by atoms with Gasteiger partial charge in [-0.1, -0.05) is 6.07 Å². The minimum Gasteiger partial charge on any atom is -1.00 e. The van der Waals surface area contributed by atoms with E-state index in [1.54, 1.807) is 12.1 Å². The van der Waals surface area contributed by atoms with Crippen LogP contribution in [0.1, 0.15) is 30.5 Å². The number of amides is 2. The van der Waals surface area contributed by atoms with Crippen LogP contribution in [0, 0.1) is 0 Å². The molecule has 2 amide bonds. The number of β-lactam (4-membered cyclic amide) rings is 1. The van der Waals surface area contributed by atoms with Crippen molar-refractivity contribution in [3.8, 4) is 11.5 Å². The summed E-state index contributed by atoms with van der Waals surface area (Å²) in [5, 5.41) is 13.5. The van der Waals surface area contributed by atoms with Crippen molar-refractivity contribution in [2.45, 2.75) is 31.4 Å². The molecule has 1 fully saturated rings. The zero-order chi connectivity index (χ0) is 29.9. The summed E-state index contributed by atoms with van der Waals surface area (Å²) in [7, 11) is 1.25. The number of thioether (sulfide) groups is 1. The van der Waals surface area contributed by atoms with Crippen LogP contribution in [-0.4, -0.2) is 76.3 Å². The number of fused-ring (bicyclic) bond motifs is 1. The Labute approximate surface area is 271 Å². The average Bonchev–Trinajstić information content (AvgIpc) is 3.42. The third-order valence-corrected chi connectivity index (χ3v) is 8.19. The number of nitrogens with zero attached hydrogens (tertiary/aromatic N) is 1. The number of carbonyl (C=O) groups excluding carboxylic acids is 5. The summed E-state index contributed by atoms with van der Waals surface area (Å²) in [6.45, 7) is 1.81. The molecule has 2 N–H and O–H groups in total. The van der Waals surface area contributed by atoms with Crippen molar-refractivity contribution < 1.29 is 83.8 Å². The topological polar surface area (TPSA) is 175 Å². The van der Waals surface area contributed by atoms with Gasteiger partial charge in [0.2, 0.25) is 5.91 Å². The molecule has 0 bridgehead atoms. The minimum absolute atomic E-state index is 0. The zero-order valence-electron chi connectivity index (χ0n) is 24.0. The molecule has 1 unspecified atom stereocenters. The molecule has 2 atom stereocenters. The van der Waals surface area contributed by atoms with Crippen molar-refractivity contribution in [3.05, 3.63) is 57.4 Å². The molecule has 0 radical (unpaired) electrons. The standard InChI is InChI=1S/C26H24N2O11S2.Na.H/c1-13(29)38-18-7-6-15(9-19(18)39-14(2)30)23(34)37-11-16-12-41-25-26(36-3,24(35)28(25)21(16)22(32)33)27-20(31)10-17-5-4-8-40-17;;/h4-9,25H,10-12H2,1-3H3,(H,27,31)(H,32,33);;/q;+1;-1/t25-,26?;;/m1../s1. The molecule has 2 aliphatic heterocycles. The number of carboxylic acid groups (broad SMARTS) is 1. The van der Waals surface area contributed by atoms with E-state index in [0.29, 0.717) is 0 Å². The Bertz CT molecular complexity index is 1470. The first-order chi connectivity index (χ1) is 19.5. The SMILES string of the molecule is COC1(NC(=O)Cc2cccs2)C(=O)N2C(C(=O)O)=C(COC(=O)c3ccc(OC(C)=O)c(OC(C)=O)c3)CS[C@@H]21.[H-].[Na+]. The molecule has 16 heteroatoms. The molecule has 1 saturated heterocycles. The number of thiophene rings is 1. The Kier molecular flexibility index (Phi) is 11.0. The van der Waals surface area contributed by atoms with Crippen LogP contribution in [0.25, 0.3) is 0 Å². The van der Waals surface area contributed by atoms with Crippen molar-refractivity contribution >= 4 is 58.8 Å². The van der Waals surface area contributed by atoms with Gasteiger partial charge in [0.25, 0.3) is 11.6 Å². The molecule has 0 aliphatic carbocycles. The van der Waals surface area contributed by atoms with Crippen LogP contribution in [0.2, 0.25) is 0 Å². The first-order valence-corrected chi connectivity index (χ1v) is 13.9. The minimum atomic E-state index is -1.75. The molecular formula is C26H25N2NaO11S2. The molecule has 218 valence electrons. The van der Waals surface area contributed by atoms with Crippen molar-refractivity contribution in [2.75, 3.05) is 19.5 Å². The number of aliphatic carboxylic acids is 1.